The normalized spacial score (nSPS) is 11.2. The van der Waals surface area contributed by atoms with Crippen molar-refractivity contribution in [2.45, 2.75) is 6.18 Å². The molecule has 0 aliphatic carbocycles. The summed E-state index contributed by atoms with van der Waals surface area (Å²) in [5.41, 5.74) is -0.291. The Kier molecular flexibility index (Phi) is 3.13. The van der Waals surface area contributed by atoms with Gasteiger partial charge in [-0.15, -0.1) is 0 Å². The van der Waals surface area contributed by atoms with Crippen molar-refractivity contribution in [2.24, 2.45) is 0 Å². The predicted molar refractivity (Wildman–Crippen MR) is 45.9 cm³/mol. The van der Waals surface area contributed by atoms with Crippen molar-refractivity contribution in [3.8, 4) is 0 Å². The van der Waals surface area contributed by atoms with Gasteiger partial charge in [0.2, 0.25) is 5.76 Å². The smallest absolute Gasteiger partial charge is 0.449 e. The first-order chi connectivity index (χ1) is 6.84. The van der Waals surface area contributed by atoms with Crippen molar-refractivity contribution in [3.63, 3.8) is 0 Å². The van der Waals surface area contributed by atoms with Crippen molar-refractivity contribution in [3.05, 3.63) is 28.2 Å². The number of esters is 1. The second-order valence-electron chi connectivity index (χ2n) is 2.52. The lowest BCUT2D eigenvalue weighted by atomic mass is 10.2. The van der Waals surface area contributed by atoms with Gasteiger partial charge in [0, 0.05) is 12.1 Å². The Labute approximate surface area is 87.5 Å². The summed E-state index contributed by atoms with van der Waals surface area (Å²) in [6.45, 7) is 0. The zero-order valence-electron chi connectivity index (χ0n) is 7.42. The minimum Gasteiger partial charge on any atom is -0.465 e. The van der Waals surface area contributed by atoms with Crippen LogP contribution in [0, 0.1) is 4.71 Å². The number of carbonyl (C=O) groups excluding carboxylic acids is 1. The van der Waals surface area contributed by atoms with Crippen LogP contribution in [0.2, 0.25) is 0 Å². The van der Waals surface area contributed by atoms with Gasteiger partial charge in [-0.2, -0.15) is 13.2 Å². The van der Waals surface area contributed by atoms with E-state index >= 15 is 0 Å². The molecule has 0 radical (unpaired) electrons. The molecule has 0 saturated heterocycles. The summed E-state index contributed by atoms with van der Waals surface area (Å²) >= 11 is 4.45. The Morgan fingerprint density at radius 2 is 2.07 bits per heavy atom. The highest BCUT2D eigenvalue weighted by atomic mass is 32.1. The minimum atomic E-state index is -4.68. The molecule has 0 saturated carbocycles. The summed E-state index contributed by atoms with van der Waals surface area (Å²) in [5.74, 6) is -2.22. The minimum absolute atomic E-state index is 0.291. The number of hydrogen-bond donors (Lipinski definition) is 0. The number of carbonyl (C=O) groups is 1. The van der Waals surface area contributed by atoms with Gasteiger partial charge in [-0.3, -0.25) is 0 Å². The van der Waals surface area contributed by atoms with E-state index in [0.717, 1.165) is 13.2 Å². The fourth-order valence-electron chi connectivity index (χ4n) is 0.853. The first-order valence-corrected chi connectivity index (χ1v) is 4.06. The van der Waals surface area contributed by atoms with Gasteiger partial charge in [0.1, 0.15) is 0 Å². The van der Waals surface area contributed by atoms with Crippen molar-refractivity contribution in [1.82, 2.24) is 0 Å². The molecule has 0 bridgehead atoms. The van der Waals surface area contributed by atoms with Crippen LogP contribution in [0.15, 0.2) is 16.5 Å². The number of halogens is 3. The third-order valence-corrected chi connectivity index (χ3v) is 1.67. The highest BCUT2D eigenvalue weighted by Gasteiger charge is 2.35. The number of hydrogen-bond acceptors (Lipinski definition) is 4. The molecule has 3 nitrogen and oxygen atoms in total. The van der Waals surface area contributed by atoms with Crippen molar-refractivity contribution >= 4 is 18.2 Å². The maximum atomic E-state index is 12.2. The summed E-state index contributed by atoms with van der Waals surface area (Å²) in [4.78, 5) is 11.0. The molecule has 1 heterocycles. The van der Waals surface area contributed by atoms with Gasteiger partial charge in [0.15, 0.2) is 4.71 Å². The molecule has 82 valence electrons. The van der Waals surface area contributed by atoms with E-state index in [-0.39, 0.29) is 5.56 Å². The number of rotatable bonds is 1. The van der Waals surface area contributed by atoms with Gasteiger partial charge in [0.05, 0.1) is 12.7 Å². The van der Waals surface area contributed by atoms with Crippen LogP contribution >= 0.6 is 12.2 Å². The molecule has 1 rings (SSSR count). The average Bonchev–Trinajstić information content (AvgIpc) is 2.14. The molecule has 0 unspecified atom stereocenters. The number of methoxy groups -OCH3 is 1. The molecule has 7 heteroatoms. The third-order valence-electron chi connectivity index (χ3n) is 1.47. The monoisotopic (exact) mass is 238 g/mol. The van der Waals surface area contributed by atoms with E-state index in [1.165, 1.54) is 0 Å². The first-order valence-electron chi connectivity index (χ1n) is 3.65. The van der Waals surface area contributed by atoms with Gasteiger partial charge < -0.3 is 9.15 Å². The largest absolute Gasteiger partial charge is 0.465 e. The molecular weight excluding hydrogens is 233 g/mol. The number of ether oxygens (including phenoxy) is 1. The lowest BCUT2D eigenvalue weighted by molar-refractivity contribution is -0.154. The van der Waals surface area contributed by atoms with Crippen LogP contribution in [-0.2, 0) is 10.9 Å². The van der Waals surface area contributed by atoms with Crippen molar-refractivity contribution in [1.29, 1.82) is 0 Å². The van der Waals surface area contributed by atoms with Gasteiger partial charge >= 0.3 is 12.1 Å². The molecule has 0 amide bonds. The lowest BCUT2D eigenvalue weighted by Gasteiger charge is -2.06. The van der Waals surface area contributed by atoms with E-state index < -0.39 is 22.6 Å². The van der Waals surface area contributed by atoms with Gasteiger partial charge in [-0.05, 0) is 12.2 Å². The highest BCUT2D eigenvalue weighted by molar-refractivity contribution is 7.71. The standard InChI is InChI=1S/C8H5F3O3S/c1-13-7(12)4-2-5(8(9,10)11)14-6(15)3-4/h2-3H,1H3. The Morgan fingerprint density at radius 3 is 2.53 bits per heavy atom. The summed E-state index contributed by atoms with van der Waals surface area (Å²) in [7, 11) is 1.06. The molecule has 0 atom stereocenters. The Morgan fingerprint density at radius 1 is 1.47 bits per heavy atom. The highest BCUT2D eigenvalue weighted by Crippen LogP contribution is 2.30. The van der Waals surface area contributed by atoms with Crippen LogP contribution in [0.4, 0.5) is 13.2 Å². The maximum Gasteiger partial charge on any atom is 0.449 e. The van der Waals surface area contributed by atoms with E-state index in [1.54, 1.807) is 0 Å². The Hall–Kier alpha value is -1.37. The van der Waals surface area contributed by atoms with E-state index in [9.17, 15) is 18.0 Å². The van der Waals surface area contributed by atoms with Gasteiger partial charge in [-0.1, -0.05) is 0 Å². The molecule has 0 aliphatic rings. The van der Waals surface area contributed by atoms with Gasteiger partial charge in [0.25, 0.3) is 0 Å². The SMILES string of the molecule is COC(=O)c1cc(C(F)(F)F)oc(=S)c1. The van der Waals surface area contributed by atoms with E-state index in [0.29, 0.717) is 6.07 Å². The quantitative estimate of drug-likeness (QED) is 0.557. The molecule has 15 heavy (non-hydrogen) atoms. The zero-order valence-corrected chi connectivity index (χ0v) is 8.24. The van der Waals surface area contributed by atoms with Crippen molar-refractivity contribution < 1.29 is 27.1 Å². The molecular formula is C8H5F3O3S. The maximum absolute atomic E-state index is 12.2. The molecule has 1 aromatic rings. The molecule has 0 aromatic carbocycles. The Balaban J connectivity index is 3.29. The van der Waals surface area contributed by atoms with Crippen LogP contribution < -0.4 is 0 Å². The molecule has 0 aliphatic heterocycles. The third kappa shape index (κ3) is 2.79. The first kappa shape index (κ1) is 11.7. The number of alkyl halides is 3. The Bertz CT molecular complexity index is 435. The van der Waals surface area contributed by atoms with Crippen LogP contribution in [0.1, 0.15) is 16.1 Å². The second kappa shape index (κ2) is 4.01. The lowest BCUT2D eigenvalue weighted by Crippen LogP contribution is -2.08. The van der Waals surface area contributed by atoms with Crippen molar-refractivity contribution in [2.75, 3.05) is 7.11 Å². The van der Waals surface area contributed by atoms with E-state index in [4.69, 9.17) is 0 Å². The summed E-state index contributed by atoms with van der Waals surface area (Å²) in [6, 6.07) is 1.54. The van der Waals surface area contributed by atoms with Crippen LogP contribution in [-0.4, -0.2) is 13.1 Å². The molecule has 0 N–H and O–H groups in total. The predicted octanol–water partition coefficient (Wildman–Crippen LogP) is 2.81. The van der Waals surface area contributed by atoms with Crippen LogP contribution in [0.25, 0.3) is 0 Å². The van der Waals surface area contributed by atoms with Crippen LogP contribution in [0.3, 0.4) is 0 Å². The summed E-state index contributed by atoms with van der Waals surface area (Å²) in [6.07, 6.45) is -4.68. The fraction of sp³-hybridized carbons (Fsp3) is 0.250. The molecule has 0 spiro atoms. The molecule has 0 fully saturated rings. The van der Waals surface area contributed by atoms with E-state index in [2.05, 4.69) is 21.4 Å². The fourth-order valence-corrected chi connectivity index (χ4v) is 1.07. The molecule has 1 aromatic heterocycles. The van der Waals surface area contributed by atoms with Crippen LogP contribution in [0.5, 0.6) is 0 Å². The van der Waals surface area contributed by atoms with E-state index in [1.807, 2.05) is 0 Å². The second-order valence-corrected chi connectivity index (χ2v) is 2.92. The summed E-state index contributed by atoms with van der Waals surface area (Å²) in [5, 5.41) is 0. The van der Waals surface area contributed by atoms with Gasteiger partial charge in [-0.25, -0.2) is 4.79 Å². The average molecular weight is 238 g/mol. The topological polar surface area (TPSA) is 39.4 Å². The summed E-state index contributed by atoms with van der Waals surface area (Å²) < 4.78 is 44.8. The zero-order chi connectivity index (χ0) is 11.6.